The summed E-state index contributed by atoms with van der Waals surface area (Å²) < 4.78 is 26.7. The fourth-order valence-electron chi connectivity index (χ4n) is 1.26. The first-order chi connectivity index (χ1) is 7.59. The number of halogens is 2. The fourth-order valence-corrected chi connectivity index (χ4v) is 3.40. The van der Waals surface area contributed by atoms with Gasteiger partial charge in [-0.05, 0) is 27.4 Å². The number of pyridine rings is 1. The third-order valence-electron chi connectivity index (χ3n) is 1.69. The van der Waals surface area contributed by atoms with Gasteiger partial charge in [-0.25, -0.2) is 13.4 Å². The molecule has 0 aromatic carbocycles. The van der Waals surface area contributed by atoms with Gasteiger partial charge in [-0.2, -0.15) is 0 Å². The highest BCUT2D eigenvalue weighted by Crippen LogP contribution is 2.24. The molecule has 1 aromatic rings. The number of sulfonamides is 1. The van der Waals surface area contributed by atoms with Gasteiger partial charge in [-0.15, -0.1) is 0 Å². The molecule has 0 saturated carbocycles. The number of nitrogens with one attached hydrogen (secondary N) is 1. The molecule has 7 heteroatoms. The van der Waals surface area contributed by atoms with E-state index in [-0.39, 0.29) is 11.2 Å². The average Bonchev–Trinajstić information content (AvgIpc) is 2.06. The Morgan fingerprint density at radius 1 is 1.47 bits per heavy atom. The monoisotopic (exact) mass is 340 g/mol. The third-order valence-corrected chi connectivity index (χ3v) is 4.62. The van der Waals surface area contributed by atoms with Gasteiger partial charge in [-0.3, -0.25) is 4.72 Å². The van der Waals surface area contributed by atoms with Crippen LogP contribution in [0.15, 0.2) is 16.7 Å². The zero-order valence-corrected chi connectivity index (χ0v) is 12.9. The normalized spacial score (nSPS) is 12.5. The Morgan fingerprint density at radius 2 is 2.06 bits per heavy atom. The second-order valence-electron chi connectivity index (χ2n) is 4.92. The topological polar surface area (TPSA) is 59.1 Å². The molecular weight excluding hydrogens is 328 g/mol. The van der Waals surface area contributed by atoms with Crippen molar-refractivity contribution in [1.82, 2.24) is 4.98 Å². The summed E-state index contributed by atoms with van der Waals surface area (Å²) in [5.41, 5.74) is 0.0913. The number of aromatic nitrogens is 1. The largest absolute Gasteiger partial charge is 0.282 e. The molecule has 0 atom stereocenters. The maximum Gasteiger partial charge on any atom is 0.233 e. The van der Waals surface area contributed by atoms with Crippen LogP contribution in [0.25, 0.3) is 0 Å². The molecule has 17 heavy (non-hydrogen) atoms. The first-order valence-corrected chi connectivity index (χ1v) is 7.73. The van der Waals surface area contributed by atoms with E-state index < -0.39 is 10.0 Å². The maximum atomic E-state index is 11.8. The van der Waals surface area contributed by atoms with Crippen LogP contribution in [0.1, 0.15) is 20.8 Å². The minimum absolute atomic E-state index is 0.0419. The molecule has 1 N–H and O–H groups in total. The van der Waals surface area contributed by atoms with Crippen LogP contribution >= 0.6 is 27.5 Å². The predicted octanol–water partition coefficient (Wildman–Crippen LogP) is 3.29. The zero-order valence-electron chi connectivity index (χ0n) is 9.79. The van der Waals surface area contributed by atoms with Crippen molar-refractivity contribution in [2.75, 3.05) is 10.5 Å². The summed E-state index contributed by atoms with van der Waals surface area (Å²) in [5.74, 6) is 0.0419. The number of nitrogens with zero attached hydrogens (tertiary/aromatic N) is 1. The van der Waals surface area contributed by atoms with Gasteiger partial charge < -0.3 is 0 Å². The second kappa shape index (κ2) is 5.12. The van der Waals surface area contributed by atoms with Crippen LogP contribution in [0.2, 0.25) is 5.15 Å². The lowest BCUT2D eigenvalue weighted by atomic mass is 10.0. The molecule has 0 saturated heterocycles. The van der Waals surface area contributed by atoms with Crippen LogP contribution in [0, 0.1) is 5.41 Å². The quantitative estimate of drug-likeness (QED) is 0.858. The van der Waals surface area contributed by atoms with E-state index in [0.717, 1.165) is 0 Å². The molecule has 0 aliphatic carbocycles. The van der Waals surface area contributed by atoms with E-state index in [2.05, 4.69) is 25.6 Å². The van der Waals surface area contributed by atoms with Crippen LogP contribution < -0.4 is 4.72 Å². The molecular formula is C10H14BrClN2O2S. The van der Waals surface area contributed by atoms with Crippen molar-refractivity contribution in [3.63, 3.8) is 0 Å². The molecule has 4 nitrogen and oxygen atoms in total. The molecule has 0 fully saturated rings. The molecule has 0 spiro atoms. The van der Waals surface area contributed by atoms with Crippen molar-refractivity contribution in [3.05, 3.63) is 21.9 Å². The summed E-state index contributed by atoms with van der Waals surface area (Å²) in [6, 6.07) is 1.58. The highest BCUT2D eigenvalue weighted by Gasteiger charge is 2.21. The van der Waals surface area contributed by atoms with Crippen molar-refractivity contribution >= 4 is 43.2 Å². The average molecular weight is 342 g/mol. The van der Waals surface area contributed by atoms with Crippen LogP contribution in [0.5, 0.6) is 0 Å². The van der Waals surface area contributed by atoms with Gasteiger partial charge in [0.05, 0.1) is 22.1 Å². The van der Waals surface area contributed by atoms with Crippen LogP contribution in [0.3, 0.4) is 0 Å². The van der Waals surface area contributed by atoms with E-state index in [9.17, 15) is 8.42 Å². The molecule has 0 aliphatic rings. The van der Waals surface area contributed by atoms with Crippen LogP contribution in [-0.2, 0) is 10.0 Å². The minimum atomic E-state index is -3.38. The minimum Gasteiger partial charge on any atom is -0.282 e. The lowest BCUT2D eigenvalue weighted by Gasteiger charge is -2.18. The van der Waals surface area contributed by atoms with Crippen LogP contribution in [0.4, 0.5) is 5.69 Å². The Labute approximate surface area is 115 Å². The summed E-state index contributed by atoms with van der Waals surface area (Å²) in [5, 5.41) is 0.295. The molecule has 0 unspecified atom stereocenters. The van der Waals surface area contributed by atoms with Gasteiger partial charge in [0.2, 0.25) is 10.0 Å². The SMILES string of the molecule is CC(C)(C)CS(=O)(=O)Nc1cnc(Cl)c(Br)c1. The van der Waals surface area contributed by atoms with E-state index in [1.54, 1.807) is 6.07 Å². The van der Waals surface area contributed by atoms with Gasteiger partial charge in [0.15, 0.2) is 0 Å². The van der Waals surface area contributed by atoms with E-state index in [4.69, 9.17) is 11.6 Å². The van der Waals surface area contributed by atoms with Gasteiger partial charge >= 0.3 is 0 Å². The summed E-state index contributed by atoms with van der Waals surface area (Å²) in [6.07, 6.45) is 1.38. The molecule has 1 rings (SSSR count). The standard InChI is InChI=1S/C10H14BrClN2O2S/c1-10(2,3)6-17(15,16)14-7-4-8(11)9(12)13-5-7/h4-5,14H,6H2,1-3H3. The Hall–Kier alpha value is -0.330. The van der Waals surface area contributed by atoms with Crippen molar-refractivity contribution in [1.29, 1.82) is 0 Å². The van der Waals surface area contributed by atoms with E-state index in [1.165, 1.54) is 6.20 Å². The number of hydrogen-bond donors (Lipinski definition) is 1. The van der Waals surface area contributed by atoms with Gasteiger partial charge in [-0.1, -0.05) is 32.4 Å². The first-order valence-electron chi connectivity index (χ1n) is 4.91. The Balaban J connectivity index is 2.87. The van der Waals surface area contributed by atoms with Gasteiger partial charge in [0, 0.05) is 0 Å². The summed E-state index contributed by atoms with van der Waals surface area (Å²) in [7, 11) is -3.38. The smallest absolute Gasteiger partial charge is 0.233 e. The van der Waals surface area contributed by atoms with Crippen molar-refractivity contribution < 1.29 is 8.42 Å². The third kappa shape index (κ3) is 5.23. The lowest BCUT2D eigenvalue weighted by Crippen LogP contribution is -2.26. The predicted molar refractivity (Wildman–Crippen MR) is 73.8 cm³/mol. The number of anilines is 1. The Kier molecular flexibility index (Phi) is 4.43. The highest BCUT2D eigenvalue weighted by atomic mass is 79.9. The lowest BCUT2D eigenvalue weighted by molar-refractivity contribution is 0.463. The first kappa shape index (κ1) is 14.7. The Morgan fingerprint density at radius 3 is 2.53 bits per heavy atom. The molecule has 0 radical (unpaired) electrons. The highest BCUT2D eigenvalue weighted by molar-refractivity contribution is 9.10. The number of rotatable bonds is 3. The number of hydrogen-bond acceptors (Lipinski definition) is 3. The van der Waals surface area contributed by atoms with Gasteiger partial charge in [0.1, 0.15) is 5.15 Å². The second-order valence-corrected chi connectivity index (χ2v) is 7.85. The van der Waals surface area contributed by atoms with Crippen molar-refractivity contribution in [2.45, 2.75) is 20.8 Å². The molecule has 0 aliphatic heterocycles. The molecule has 0 amide bonds. The molecule has 0 bridgehead atoms. The summed E-state index contributed by atoms with van der Waals surface area (Å²) >= 11 is 8.91. The van der Waals surface area contributed by atoms with Crippen molar-refractivity contribution in [3.8, 4) is 0 Å². The molecule has 1 heterocycles. The Bertz CT molecular complexity index is 512. The summed E-state index contributed by atoms with van der Waals surface area (Å²) in [4.78, 5) is 3.85. The van der Waals surface area contributed by atoms with E-state index >= 15 is 0 Å². The fraction of sp³-hybridized carbons (Fsp3) is 0.500. The van der Waals surface area contributed by atoms with E-state index in [1.807, 2.05) is 20.8 Å². The van der Waals surface area contributed by atoms with E-state index in [0.29, 0.717) is 15.3 Å². The summed E-state index contributed by atoms with van der Waals surface area (Å²) in [6.45, 7) is 5.59. The van der Waals surface area contributed by atoms with Crippen LogP contribution in [-0.4, -0.2) is 19.2 Å². The van der Waals surface area contributed by atoms with Crippen molar-refractivity contribution in [2.24, 2.45) is 5.41 Å². The molecule has 96 valence electrons. The molecule has 1 aromatic heterocycles. The maximum absolute atomic E-state index is 11.8. The van der Waals surface area contributed by atoms with Gasteiger partial charge in [0.25, 0.3) is 0 Å². The zero-order chi connectivity index (χ0) is 13.3.